The van der Waals surface area contributed by atoms with E-state index in [0.717, 1.165) is 38.8 Å². The van der Waals surface area contributed by atoms with Gasteiger partial charge in [0.15, 0.2) is 10.8 Å². The Morgan fingerprint density at radius 1 is 1.32 bits per heavy atom. The third-order valence-corrected chi connectivity index (χ3v) is 6.46. The van der Waals surface area contributed by atoms with Crippen LogP contribution in [-0.2, 0) is 6.54 Å². The standard InChI is InChI=1S/C17H23N5O2S/c1-25-15-19-8-12-13(21-15)20-11-22(14(12)23)10-17(24)6-7-18-9-16(17)4-2-3-5-16/h8,11,18,24H,2-7,9-10H2,1H3. The van der Waals surface area contributed by atoms with Gasteiger partial charge in [0.2, 0.25) is 0 Å². The molecule has 0 bridgehead atoms. The van der Waals surface area contributed by atoms with Crippen LogP contribution in [0.1, 0.15) is 32.1 Å². The molecule has 2 aromatic heterocycles. The van der Waals surface area contributed by atoms with Crippen LogP contribution in [0.5, 0.6) is 0 Å². The number of nitrogens with zero attached hydrogens (tertiary/aromatic N) is 4. The van der Waals surface area contributed by atoms with Crippen molar-refractivity contribution in [1.29, 1.82) is 0 Å². The van der Waals surface area contributed by atoms with Crippen molar-refractivity contribution in [2.24, 2.45) is 5.41 Å². The van der Waals surface area contributed by atoms with Crippen LogP contribution in [0.2, 0.25) is 0 Å². The van der Waals surface area contributed by atoms with Crippen LogP contribution in [0.15, 0.2) is 22.5 Å². The number of fused-ring (bicyclic) bond motifs is 1. The minimum atomic E-state index is -0.881. The third-order valence-electron chi connectivity index (χ3n) is 5.90. The molecule has 1 unspecified atom stereocenters. The van der Waals surface area contributed by atoms with Gasteiger partial charge in [0, 0.05) is 18.2 Å². The second-order valence-corrected chi connectivity index (χ2v) is 7.99. The number of rotatable bonds is 3. The summed E-state index contributed by atoms with van der Waals surface area (Å²) in [6.07, 6.45) is 9.89. The largest absolute Gasteiger partial charge is 0.387 e. The molecule has 1 spiro atoms. The fourth-order valence-corrected chi connectivity index (χ4v) is 4.76. The van der Waals surface area contributed by atoms with E-state index >= 15 is 0 Å². The van der Waals surface area contributed by atoms with E-state index in [9.17, 15) is 9.90 Å². The van der Waals surface area contributed by atoms with E-state index in [4.69, 9.17) is 0 Å². The van der Waals surface area contributed by atoms with Gasteiger partial charge in [-0.2, -0.15) is 0 Å². The van der Waals surface area contributed by atoms with Crippen LogP contribution in [0.3, 0.4) is 0 Å². The average molecular weight is 361 g/mol. The van der Waals surface area contributed by atoms with Crippen molar-refractivity contribution < 1.29 is 5.11 Å². The quantitative estimate of drug-likeness (QED) is 0.627. The summed E-state index contributed by atoms with van der Waals surface area (Å²) in [5, 5.41) is 15.9. The van der Waals surface area contributed by atoms with Gasteiger partial charge in [-0.25, -0.2) is 15.0 Å². The third kappa shape index (κ3) is 2.76. The number of nitrogens with one attached hydrogen (secondary N) is 1. The van der Waals surface area contributed by atoms with Crippen LogP contribution in [0.25, 0.3) is 11.0 Å². The maximum absolute atomic E-state index is 12.9. The molecule has 1 atom stereocenters. The molecule has 7 nitrogen and oxygen atoms in total. The molecule has 1 saturated heterocycles. The molecular formula is C17H23N5O2S. The predicted molar refractivity (Wildman–Crippen MR) is 96.7 cm³/mol. The highest BCUT2D eigenvalue weighted by Gasteiger charge is 2.53. The molecular weight excluding hydrogens is 338 g/mol. The van der Waals surface area contributed by atoms with Crippen molar-refractivity contribution in [3.8, 4) is 0 Å². The molecule has 0 amide bonds. The van der Waals surface area contributed by atoms with Crippen molar-refractivity contribution in [2.45, 2.75) is 49.4 Å². The van der Waals surface area contributed by atoms with Gasteiger partial charge in [-0.1, -0.05) is 24.6 Å². The first-order chi connectivity index (χ1) is 12.1. The Morgan fingerprint density at radius 3 is 2.88 bits per heavy atom. The Hall–Kier alpha value is -1.51. The first kappa shape index (κ1) is 16.9. The number of thioether (sulfide) groups is 1. The summed E-state index contributed by atoms with van der Waals surface area (Å²) in [5.41, 5.74) is -0.793. The Morgan fingerprint density at radius 2 is 2.12 bits per heavy atom. The minimum absolute atomic E-state index is 0.140. The fraction of sp³-hybridized carbons (Fsp3) is 0.647. The van der Waals surface area contributed by atoms with Gasteiger partial charge >= 0.3 is 0 Å². The van der Waals surface area contributed by atoms with E-state index in [-0.39, 0.29) is 17.5 Å². The van der Waals surface area contributed by atoms with E-state index in [2.05, 4.69) is 20.3 Å². The molecule has 0 aromatic carbocycles. The van der Waals surface area contributed by atoms with E-state index in [1.807, 2.05) is 6.26 Å². The van der Waals surface area contributed by atoms with Crippen molar-refractivity contribution >= 4 is 22.8 Å². The molecule has 8 heteroatoms. The lowest BCUT2D eigenvalue weighted by Crippen LogP contribution is -2.60. The highest BCUT2D eigenvalue weighted by atomic mass is 32.2. The molecule has 2 aliphatic rings. The molecule has 3 heterocycles. The highest BCUT2D eigenvalue weighted by molar-refractivity contribution is 7.98. The van der Waals surface area contributed by atoms with Crippen molar-refractivity contribution in [2.75, 3.05) is 19.3 Å². The van der Waals surface area contributed by atoms with E-state index in [0.29, 0.717) is 22.6 Å². The Bertz CT molecular complexity index is 849. The maximum Gasteiger partial charge on any atom is 0.264 e. The number of aromatic nitrogens is 4. The molecule has 1 saturated carbocycles. The Kier molecular flexibility index (Phi) is 4.29. The zero-order valence-electron chi connectivity index (χ0n) is 14.4. The van der Waals surface area contributed by atoms with Crippen LogP contribution >= 0.6 is 11.8 Å². The summed E-state index contributed by atoms with van der Waals surface area (Å²) in [6, 6.07) is 0. The average Bonchev–Trinajstić information content (AvgIpc) is 3.10. The lowest BCUT2D eigenvalue weighted by molar-refractivity contribution is -0.115. The van der Waals surface area contributed by atoms with Gasteiger partial charge < -0.3 is 10.4 Å². The van der Waals surface area contributed by atoms with Gasteiger partial charge in [0.25, 0.3) is 5.56 Å². The molecule has 4 rings (SSSR count). The summed E-state index contributed by atoms with van der Waals surface area (Å²) < 4.78 is 1.54. The molecule has 25 heavy (non-hydrogen) atoms. The topological polar surface area (TPSA) is 92.9 Å². The van der Waals surface area contributed by atoms with Crippen LogP contribution in [-0.4, -0.2) is 49.6 Å². The molecule has 1 aliphatic heterocycles. The Balaban J connectivity index is 1.72. The number of hydrogen-bond acceptors (Lipinski definition) is 7. The monoisotopic (exact) mass is 361 g/mol. The van der Waals surface area contributed by atoms with Crippen molar-refractivity contribution in [3.05, 3.63) is 22.9 Å². The SMILES string of the molecule is CSc1ncc2c(=O)n(CC3(O)CCNCC34CCCC4)cnc2n1. The summed E-state index contributed by atoms with van der Waals surface area (Å²) in [7, 11) is 0. The smallest absolute Gasteiger partial charge is 0.264 e. The van der Waals surface area contributed by atoms with E-state index in [1.54, 1.807) is 0 Å². The fourth-order valence-electron chi connectivity index (χ4n) is 4.42. The van der Waals surface area contributed by atoms with Crippen LogP contribution in [0.4, 0.5) is 0 Å². The molecule has 0 radical (unpaired) electrons. The second kappa shape index (κ2) is 6.34. The van der Waals surface area contributed by atoms with E-state index < -0.39 is 5.60 Å². The van der Waals surface area contributed by atoms with Gasteiger partial charge in [0.05, 0.1) is 12.1 Å². The summed E-state index contributed by atoms with van der Waals surface area (Å²) >= 11 is 1.42. The van der Waals surface area contributed by atoms with Crippen LogP contribution in [0, 0.1) is 5.41 Å². The Labute approximate surface area is 150 Å². The summed E-state index contributed by atoms with van der Waals surface area (Å²) in [6.45, 7) is 1.87. The van der Waals surface area contributed by atoms with Gasteiger partial charge in [-0.15, -0.1) is 0 Å². The predicted octanol–water partition coefficient (Wildman–Crippen LogP) is 1.19. The maximum atomic E-state index is 12.9. The molecule has 2 aromatic rings. The first-order valence-electron chi connectivity index (χ1n) is 8.76. The lowest BCUT2D eigenvalue weighted by atomic mass is 9.66. The molecule has 134 valence electrons. The normalized spacial score (nSPS) is 25.7. The van der Waals surface area contributed by atoms with Crippen molar-refractivity contribution in [1.82, 2.24) is 24.8 Å². The molecule has 2 fully saturated rings. The van der Waals surface area contributed by atoms with Gasteiger partial charge in [-0.3, -0.25) is 9.36 Å². The lowest BCUT2D eigenvalue weighted by Gasteiger charge is -2.49. The molecule has 2 N–H and O–H groups in total. The van der Waals surface area contributed by atoms with Gasteiger partial charge in [-0.05, 0) is 32.1 Å². The van der Waals surface area contributed by atoms with Gasteiger partial charge in [0.1, 0.15) is 11.7 Å². The number of hydrogen-bond donors (Lipinski definition) is 2. The van der Waals surface area contributed by atoms with Crippen molar-refractivity contribution in [3.63, 3.8) is 0 Å². The number of piperidine rings is 1. The van der Waals surface area contributed by atoms with E-state index in [1.165, 1.54) is 28.9 Å². The first-order valence-corrected chi connectivity index (χ1v) is 9.99. The second-order valence-electron chi connectivity index (χ2n) is 7.22. The number of aliphatic hydroxyl groups is 1. The zero-order valence-corrected chi connectivity index (χ0v) is 15.2. The molecule has 1 aliphatic carbocycles. The summed E-state index contributed by atoms with van der Waals surface area (Å²) in [4.78, 5) is 25.7. The minimum Gasteiger partial charge on any atom is -0.387 e. The van der Waals surface area contributed by atoms with Crippen LogP contribution < -0.4 is 10.9 Å². The summed E-state index contributed by atoms with van der Waals surface area (Å²) in [5.74, 6) is 0. The highest BCUT2D eigenvalue weighted by Crippen LogP contribution is 2.49. The zero-order chi connectivity index (χ0) is 17.5.